The summed E-state index contributed by atoms with van der Waals surface area (Å²) < 4.78 is 5.24. The molecule has 0 aliphatic rings. The monoisotopic (exact) mass is 259 g/mol. The van der Waals surface area contributed by atoms with Gasteiger partial charge in [0.1, 0.15) is 11.5 Å². The lowest BCUT2D eigenvalue weighted by Gasteiger charge is -2.13. The van der Waals surface area contributed by atoms with Crippen LogP contribution in [0.2, 0.25) is 0 Å². The summed E-state index contributed by atoms with van der Waals surface area (Å²) >= 11 is 0. The van der Waals surface area contributed by atoms with Gasteiger partial charge in [-0.1, -0.05) is 0 Å². The van der Waals surface area contributed by atoms with Gasteiger partial charge in [-0.25, -0.2) is 0 Å². The SMILES string of the molecule is Cc1cc(C(=O)NC(C)Cc2ccco2)ccc1O. The molecule has 2 rings (SSSR count). The molecule has 0 saturated carbocycles. The van der Waals surface area contributed by atoms with Crippen LogP contribution in [0.3, 0.4) is 0 Å². The minimum absolute atomic E-state index is 0.0206. The van der Waals surface area contributed by atoms with E-state index in [-0.39, 0.29) is 17.7 Å². The molecule has 0 bridgehead atoms. The molecule has 1 amide bonds. The van der Waals surface area contributed by atoms with Crippen molar-refractivity contribution < 1.29 is 14.3 Å². The number of phenolic OH excluding ortho intramolecular Hbond substituents is 1. The van der Waals surface area contributed by atoms with E-state index in [0.717, 1.165) is 5.76 Å². The number of carbonyl (C=O) groups excluding carboxylic acids is 1. The van der Waals surface area contributed by atoms with Gasteiger partial charge in [-0.2, -0.15) is 0 Å². The van der Waals surface area contributed by atoms with Crippen LogP contribution in [0.25, 0.3) is 0 Å². The van der Waals surface area contributed by atoms with Crippen LogP contribution in [0.4, 0.5) is 0 Å². The number of carbonyl (C=O) groups is 1. The molecular weight excluding hydrogens is 242 g/mol. The first-order valence-corrected chi connectivity index (χ1v) is 6.19. The van der Waals surface area contributed by atoms with Crippen molar-refractivity contribution >= 4 is 5.91 Å². The van der Waals surface area contributed by atoms with Crippen molar-refractivity contribution in [2.45, 2.75) is 26.3 Å². The van der Waals surface area contributed by atoms with Crippen LogP contribution in [0.1, 0.15) is 28.6 Å². The standard InChI is InChI=1S/C15H17NO3/c1-10-8-12(5-6-14(10)17)15(18)16-11(2)9-13-4-3-7-19-13/h3-8,11,17H,9H2,1-2H3,(H,16,18). The number of hydrogen-bond acceptors (Lipinski definition) is 3. The van der Waals surface area contributed by atoms with Crippen molar-refractivity contribution in [3.05, 3.63) is 53.5 Å². The molecule has 4 nitrogen and oxygen atoms in total. The molecule has 1 aromatic heterocycles. The molecule has 1 aromatic carbocycles. The van der Waals surface area contributed by atoms with Crippen molar-refractivity contribution in [2.24, 2.45) is 0 Å². The molecule has 2 N–H and O–H groups in total. The average molecular weight is 259 g/mol. The summed E-state index contributed by atoms with van der Waals surface area (Å²) in [5.41, 5.74) is 1.23. The molecule has 0 radical (unpaired) electrons. The highest BCUT2D eigenvalue weighted by atomic mass is 16.3. The van der Waals surface area contributed by atoms with E-state index in [4.69, 9.17) is 4.42 Å². The fourth-order valence-corrected chi connectivity index (χ4v) is 1.89. The van der Waals surface area contributed by atoms with Crippen molar-refractivity contribution in [2.75, 3.05) is 0 Å². The Kier molecular flexibility index (Phi) is 3.90. The van der Waals surface area contributed by atoms with Crippen LogP contribution < -0.4 is 5.32 Å². The fraction of sp³-hybridized carbons (Fsp3) is 0.267. The van der Waals surface area contributed by atoms with Gasteiger partial charge < -0.3 is 14.8 Å². The highest BCUT2D eigenvalue weighted by Gasteiger charge is 2.12. The molecule has 0 spiro atoms. The summed E-state index contributed by atoms with van der Waals surface area (Å²) in [7, 11) is 0. The molecular formula is C15H17NO3. The highest BCUT2D eigenvalue weighted by Crippen LogP contribution is 2.17. The molecule has 1 unspecified atom stereocenters. The quantitative estimate of drug-likeness (QED) is 0.887. The Morgan fingerprint density at radius 3 is 2.84 bits per heavy atom. The van der Waals surface area contributed by atoms with Gasteiger partial charge in [-0.3, -0.25) is 4.79 Å². The second kappa shape index (κ2) is 5.61. The lowest BCUT2D eigenvalue weighted by atomic mass is 10.1. The van der Waals surface area contributed by atoms with Gasteiger partial charge in [0.2, 0.25) is 0 Å². The third kappa shape index (κ3) is 3.37. The van der Waals surface area contributed by atoms with Crippen LogP contribution in [0.5, 0.6) is 5.75 Å². The van der Waals surface area contributed by atoms with Crippen LogP contribution >= 0.6 is 0 Å². The van der Waals surface area contributed by atoms with E-state index in [1.165, 1.54) is 6.07 Å². The second-order valence-corrected chi connectivity index (χ2v) is 4.66. The number of rotatable bonds is 4. The maximum atomic E-state index is 12.0. The first-order chi connectivity index (χ1) is 9.06. The summed E-state index contributed by atoms with van der Waals surface area (Å²) in [6, 6.07) is 8.50. The lowest BCUT2D eigenvalue weighted by Crippen LogP contribution is -2.34. The number of aromatic hydroxyl groups is 1. The Morgan fingerprint density at radius 1 is 1.42 bits per heavy atom. The minimum atomic E-state index is -0.151. The number of aryl methyl sites for hydroxylation is 1. The molecule has 0 fully saturated rings. The van der Waals surface area contributed by atoms with Crippen LogP contribution in [-0.4, -0.2) is 17.1 Å². The maximum absolute atomic E-state index is 12.0. The summed E-state index contributed by atoms with van der Waals surface area (Å²) in [6.45, 7) is 3.69. The van der Waals surface area contributed by atoms with E-state index >= 15 is 0 Å². The van der Waals surface area contributed by atoms with E-state index in [1.807, 2.05) is 19.1 Å². The number of amides is 1. The van der Waals surface area contributed by atoms with Gasteiger partial charge in [-0.05, 0) is 49.7 Å². The zero-order chi connectivity index (χ0) is 13.8. The highest BCUT2D eigenvalue weighted by molar-refractivity contribution is 5.94. The van der Waals surface area contributed by atoms with Crippen molar-refractivity contribution in [3.8, 4) is 5.75 Å². The summed E-state index contributed by atoms with van der Waals surface area (Å²) in [6.07, 6.45) is 2.27. The van der Waals surface area contributed by atoms with Gasteiger partial charge in [0.05, 0.1) is 6.26 Å². The molecule has 1 heterocycles. The largest absolute Gasteiger partial charge is 0.508 e. The van der Waals surface area contributed by atoms with Crippen molar-refractivity contribution in [1.82, 2.24) is 5.32 Å². The molecule has 2 aromatic rings. The molecule has 0 aliphatic heterocycles. The van der Waals surface area contributed by atoms with Crippen LogP contribution in [0.15, 0.2) is 41.0 Å². The van der Waals surface area contributed by atoms with E-state index < -0.39 is 0 Å². The summed E-state index contributed by atoms with van der Waals surface area (Å²) in [4.78, 5) is 12.0. The fourth-order valence-electron chi connectivity index (χ4n) is 1.89. The number of nitrogens with one attached hydrogen (secondary N) is 1. The summed E-state index contributed by atoms with van der Waals surface area (Å²) in [5, 5.41) is 12.3. The zero-order valence-corrected chi connectivity index (χ0v) is 11.0. The molecule has 19 heavy (non-hydrogen) atoms. The Balaban J connectivity index is 1.98. The van der Waals surface area contributed by atoms with E-state index in [1.54, 1.807) is 25.3 Å². The average Bonchev–Trinajstić information content (AvgIpc) is 2.85. The number of furan rings is 1. The third-order valence-corrected chi connectivity index (χ3v) is 2.92. The number of phenols is 1. The minimum Gasteiger partial charge on any atom is -0.508 e. The van der Waals surface area contributed by atoms with E-state index in [2.05, 4.69) is 5.32 Å². The van der Waals surface area contributed by atoms with Crippen LogP contribution in [0, 0.1) is 6.92 Å². The number of benzene rings is 1. The normalized spacial score (nSPS) is 12.1. The molecule has 4 heteroatoms. The molecule has 0 aliphatic carbocycles. The van der Waals surface area contributed by atoms with Gasteiger partial charge in [0.15, 0.2) is 0 Å². The Bertz CT molecular complexity index is 561. The van der Waals surface area contributed by atoms with Crippen LogP contribution in [-0.2, 0) is 6.42 Å². The Hall–Kier alpha value is -2.23. The van der Waals surface area contributed by atoms with E-state index in [0.29, 0.717) is 17.5 Å². The Morgan fingerprint density at radius 2 is 2.21 bits per heavy atom. The zero-order valence-electron chi connectivity index (χ0n) is 11.0. The van der Waals surface area contributed by atoms with Crippen molar-refractivity contribution in [3.63, 3.8) is 0 Å². The second-order valence-electron chi connectivity index (χ2n) is 4.66. The third-order valence-electron chi connectivity index (χ3n) is 2.92. The smallest absolute Gasteiger partial charge is 0.251 e. The predicted molar refractivity (Wildman–Crippen MR) is 72.2 cm³/mol. The van der Waals surface area contributed by atoms with E-state index in [9.17, 15) is 9.90 Å². The first kappa shape index (κ1) is 13.2. The summed E-state index contributed by atoms with van der Waals surface area (Å²) in [5.74, 6) is 0.886. The topological polar surface area (TPSA) is 62.5 Å². The number of hydrogen-bond donors (Lipinski definition) is 2. The predicted octanol–water partition coefficient (Wildman–Crippen LogP) is 2.65. The van der Waals surface area contributed by atoms with Gasteiger partial charge in [0, 0.05) is 18.0 Å². The van der Waals surface area contributed by atoms with Gasteiger partial charge in [-0.15, -0.1) is 0 Å². The van der Waals surface area contributed by atoms with Gasteiger partial charge in [0.25, 0.3) is 5.91 Å². The maximum Gasteiger partial charge on any atom is 0.251 e. The molecule has 100 valence electrons. The van der Waals surface area contributed by atoms with Crippen molar-refractivity contribution in [1.29, 1.82) is 0 Å². The Labute approximate surface area is 112 Å². The lowest BCUT2D eigenvalue weighted by molar-refractivity contribution is 0.0939. The van der Waals surface area contributed by atoms with Gasteiger partial charge >= 0.3 is 0 Å². The first-order valence-electron chi connectivity index (χ1n) is 6.19. The molecule has 0 saturated heterocycles. The molecule has 1 atom stereocenters.